The smallest absolute Gasteiger partial charge is 0.260 e. The van der Waals surface area contributed by atoms with Gasteiger partial charge in [0.15, 0.2) is 0 Å². The Morgan fingerprint density at radius 3 is 1.55 bits per heavy atom. The maximum atomic E-state index is 13.4. The van der Waals surface area contributed by atoms with Crippen LogP contribution in [0, 0.1) is 10.8 Å². The third-order valence-corrected chi connectivity index (χ3v) is 15.1. The number of aromatic amines is 1. The number of carbonyl (C=O) groups is 4. The average molecular weight is 1230 g/mol. The molecular formula is C50H57Br2Cl3N8O8S2. The molecule has 0 spiro atoms. The van der Waals surface area contributed by atoms with Gasteiger partial charge in [-0.15, -0.1) is 34.3 Å². The molecule has 2 amide bonds. The molecule has 0 radical (unpaired) electrons. The number of ether oxygens (including phenoxy) is 2. The monoisotopic (exact) mass is 1220 g/mol. The first kappa shape index (κ1) is 58.0. The van der Waals surface area contributed by atoms with Gasteiger partial charge in [-0.2, -0.15) is 10.2 Å². The molecule has 0 aromatic carbocycles. The highest BCUT2D eigenvalue weighted by atomic mass is 79.9. The van der Waals surface area contributed by atoms with E-state index >= 15 is 0 Å². The van der Waals surface area contributed by atoms with Crippen LogP contribution in [-0.2, 0) is 51.3 Å². The molecule has 2 saturated heterocycles. The van der Waals surface area contributed by atoms with E-state index in [0.29, 0.717) is 109 Å². The second-order valence-electron chi connectivity index (χ2n) is 19.1. The minimum absolute atomic E-state index is 0.00460. The van der Waals surface area contributed by atoms with E-state index in [9.17, 15) is 28.8 Å². The van der Waals surface area contributed by atoms with Gasteiger partial charge in [-0.25, -0.2) is 9.36 Å². The zero-order valence-electron chi connectivity index (χ0n) is 41.3. The quantitative estimate of drug-likeness (QED) is 0.123. The van der Waals surface area contributed by atoms with Gasteiger partial charge in [-0.1, -0.05) is 64.7 Å². The Labute approximate surface area is 463 Å². The summed E-state index contributed by atoms with van der Waals surface area (Å²) in [7, 11) is 0. The van der Waals surface area contributed by atoms with Gasteiger partial charge in [-0.05, 0) is 106 Å². The van der Waals surface area contributed by atoms with E-state index in [1.165, 1.54) is 36.6 Å². The number of carbonyl (C=O) groups excluding carboxylic acids is 4. The first-order valence-corrected chi connectivity index (χ1v) is 27.8. The van der Waals surface area contributed by atoms with Crippen LogP contribution in [0.25, 0.3) is 22.5 Å². The number of alkyl halides is 1. The van der Waals surface area contributed by atoms with Crippen LogP contribution in [0.3, 0.4) is 0 Å². The van der Waals surface area contributed by atoms with Crippen LogP contribution in [0.5, 0.6) is 0 Å². The number of hydrogen-bond donors (Lipinski definition) is 1. The topological polar surface area (TPSA) is 184 Å². The molecule has 1 N–H and O–H groups in total. The van der Waals surface area contributed by atoms with Crippen LogP contribution in [0.4, 0.5) is 0 Å². The lowest BCUT2D eigenvalue weighted by atomic mass is 9.95. The molecule has 0 saturated carbocycles. The molecule has 73 heavy (non-hydrogen) atoms. The summed E-state index contributed by atoms with van der Waals surface area (Å²) >= 11 is 27.3. The number of morpholine rings is 2. The summed E-state index contributed by atoms with van der Waals surface area (Å²) in [6, 6.07) is 14.7. The fourth-order valence-corrected chi connectivity index (χ4v) is 10.6. The van der Waals surface area contributed by atoms with E-state index in [4.69, 9.17) is 44.3 Å². The second-order valence-corrected chi connectivity index (χ2v) is 24.8. The van der Waals surface area contributed by atoms with Gasteiger partial charge in [0, 0.05) is 79.5 Å². The highest BCUT2D eigenvalue weighted by molar-refractivity contribution is 9.10. The molecule has 2 aliphatic rings. The van der Waals surface area contributed by atoms with E-state index < -0.39 is 10.8 Å². The van der Waals surface area contributed by atoms with Crippen LogP contribution < -0.4 is 11.1 Å². The summed E-state index contributed by atoms with van der Waals surface area (Å²) in [4.78, 5) is 83.7. The third-order valence-electron chi connectivity index (χ3n) is 11.4. The number of rotatable bonds is 11. The second kappa shape index (κ2) is 26.0. The highest BCUT2D eigenvalue weighted by Gasteiger charge is 2.29. The Morgan fingerprint density at radius 2 is 1.11 bits per heavy atom. The van der Waals surface area contributed by atoms with Crippen molar-refractivity contribution in [1.29, 1.82) is 0 Å². The van der Waals surface area contributed by atoms with Crippen LogP contribution in [0.2, 0.25) is 8.67 Å². The van der Waals surface area contributed by atoms with Crippen molar-refractivity contribution < 1.29 is 28.7 Å². The molecule has 0 aliphatic carbocycles. The Morgan fingerprint density at radius 1 is 0.658 bits per heavy atom. The van der Waals surface area contributed by atoms with Gasteiger partial charge in [0.1, 0.15) is 12.4 Å². The lowest BCUT2D eigenvalue weighted by Gasteiger charge is -2.27. The largest absolute Gasteiger partial charge is 0.378 e. The molecule has 0 bridgehead atoms. The zero-order chi connectivity index (χ0) is 53.2. The van der Waals surface area contributed by atoms with E-state index in [-0.39, 0.29) is 47.2 Å². The van der Waals surface area contributed by atoms with Crippen molar-refractivity contribution in [2.45, 2.75) is 73.8 Å². The van der Waals surface area contributed by atoms with Gasteiger partial charge in [0.2, 0.25) is 11.8 Å². The SMILES string of the molecule is CC(C)(C)C(=O)n1nc(-c2cc(Br)c[nH]c2=O)cc1CCc1ccc(Cl)s1.CC(C)(C)C(=O)n1nc(-c2cc(Br)cn(CC(=O)N3CCOCC3)c2=O)cc1CCc1ccc(Cl)s1.O=C(CCl)N1CCOCC1. The fourth-order valence-electron chi connectivity index (χ4n) is 7.42. The van der Waals surface area contributed by atoms with Crippen molar-refractivity contribution in [3.8, 4) is 22.5 Å². The molecular weight excluding hydrogens is 1170 g/mol. The minimum Gasteiger partial charge on any atom is -0.378 e. The van der Waals surface area contributed by atoms with Gasteiger partial charge in [0.25, 0.3) is 22.9 Å². The minimum atomic E-state index is -0.660. The van der Waals surface area contributed by atoms with Gasteiger partial charge < -0.3 is 28.8 Å². The number of thiophene rings is 2. The van der Waals surface area contributed by atoms with Crippen LogP contribution >= 0.6 is 89.3 Å². The molecule has 6 aromatic heterocycles. The molecule has 8 heterocycles. The number of halogens is 5. The molecule has 23 heteroatoms. The van der Waals surface area contributed by atoms with Gasteiger partial charge in [0.05, 0.1) is 57.6 Å². The lowest BCUT2D eigenvalue weighted by Crippen LogP contribution is -2.43. The van der Waals surface area contributed by atoms with Crippen molar-refractivity contribution in [2.75, 3.05) is 58.5 Å². The number of pyridine rings is 2. The zero-order valence-corrected chi connectivity index (χ0v) is 48.3. The first-order valence-electron chi connectivity index (χ1n) is 23.3. The Hall–Kier alpha value is -4.25. The Bertz CT molecular complexity index is 3030. The normalized spacial score (nSPS) is 14.0. The van der Waals surface area contributed by atoms with E-state index in [1.54, 1.807) is 40.4 Å². The summed E-state index contributed by atoms with van der Waals surface area (Å²) in [5, 5.41) is 9.04. The van der Waals surface area contributed by atoms with Crippen LogP contribution in [0.1, 0.15) is 72.3 Å². The van der Waals surface area contributed by atoms with Crippen molar-refractivity contribution in [3.05, 3.63) is 120 Å². The van der Waals surface area contributed by atoms with Crippen LogP contribution in [0.15, 0.2) is 79.5 Å². The number of amides is 2. The highest BCUT2D eigenvalue weighted by Crippen LogP contribution is 2.29. The number of hydrogen-bond acceptors (Lipinski definition) is 12. The molecule has 392 valence electrons. The lowest BCUT2D eigenvalue weighted by molar-refractivity contribution is -0.136. The summed E-state index contributed by atoms with van der Waals surface area (Å²) in [5.41, 5.74) is 1.26. The Balaban J connectivity index is 0.000000205. The van der Waals surface area contributed by atoms with Gasteiger partial charge in [-0.3, -0.25) is 28.8 Å². The first-order chi connectivity index (χ1) is 34.5. The number of nitrogens with one attached hydrogen (secondary N) is 1. The van der Waals surface area contributed by atoms with Crippen molar-refractivity contribution >= 4 is 113 Å². The summed E-state index contributed by atoms with van der Waals surface area (Å²) in [6.07, 6.45) is 5.79. The van der Waals surface area contributed by atoms with Gasteiger partial charge >= 0.3 is 0 Å². The fraction of sp³-hybridized carbons (Fsp3) is 0.440. The average Bonchev–Trinajstić information content (AvgIpc) is 4.18. The molecule has 2 fully saturated rings. The van der Waals surface area contributed by atoms with E-state index in [1.807, 2.05) is 71.9 Å². The standard InChI is InChI=1S/C25H28BrClN4O4S.C19H19BrClN3O2S.C6H10ClNO2/c1-25(2,3)24(34)31-17(4-5-18-6-7-21(27)36-18)13-20(28-31)19-12-16(26)14-30(23(19)33)15-22(32)29-8-10-35-11-9-29;1-19(2,3)18(26)24-12(4-5-13-6-7-16(21)27-13)9-15(23-24)14-8-11(20)10-22-17(14)25;7-5-6(9)8-1-3-10-4-2-8/h6-7,12-14H,4-5,8-11,15H2,1-3H3;6-10H,4-5H2,1-3H3,(H,22,25);1-5H2. The number of aryl methyl sites for hydroxylation is 4. The number of nitrogens with zero attached hydrogens (tertiary/aromatic N) is 7. The number of H-pyrrole nitrogens is 1. The Kier molecular flexibility index (Phi) is 20.7. The molecule has 2 aliphatic heterocycles. The molecule has 6 aromatic rings. The maximum absolute atomic E-state index is 13.4. The van der Waals surface area contributed by atoms with Crippen molar-refractivity contribution in [3.63, 3.8) is 0 Å². The molecule has 8 rings (SSSR count). The summed E-state index contributed by atoms with van der Waals surface area (Å²) < 4.78 is 17.4. The van der Waals surface area contributed by atoms with E-state index in [0.717, 1.165) is 30.7 Å². The van der Waals surface area contributed by atoms with Crippen LogP contribution in [-0.4, -0.2) is 121 Å². The predicted molar refractivity (Wildman–Crippen MR) is 295 cm³/mol. The molecule has 0 unspecified atom stereocenters. The summed E-state index contributed by atoms with van der Waals surface area (Å²) in [6.45, 7) is 15.6. The van der Waals surface area contributed by atoms with Crippen molar-refractivity contribution in [1.82, 2.24) is 38.9 Å². The summed E-state index contributed by atoms with van der Waals surface area (Å²) in [5.74, 6) is -0.330. The predicted octanol–water partition coefficient (Wildman–Crippen LogP) is 9.79. The molecule has 0 atom stereocenters. The number of aromatic nitrogens is 6. The third kappa shape index (κ3) is 16.1. The van der Waals surface area contributed by atoms with E-state index in [2.05, 4.69) is 47.0 Å². The molecule has 16 nitrogen and oxygen atoms in total. The maximum Gasteiger partial charge on any atom is 0.260 e. The van der Waals surface area contributed by atoms with Crippen molar-refractivity contribution in [2.24, 2.45) is 10.8 Å².